The van der Waals surface area contributed by atoms with Crippen LogP contribution in [-0.2, 0) is 9.59 Å². The fourth-order valence-electron chi connectivity index (χ4n) is 1.17. The lowest BCUT2D eigenvalue weighted by Gasteiger charge is -2.06. The summed E-state index contributed by atoms with van der Waals surface area (Å²) >= 11 is 0. The summed E-state index contributed by atoms with van der Waals surface area (Å²) in [5.41, 5.74) is 0. The first kappa shape index (κ1) is 13.2. The Morgan fingerprint density at radius 1 is 1.35 bits per heavy atom. The molecule has 1 aromatic rings. The highest BCUT2D eigenvalue weighted by Gasteiger charge is 2.09. The monoisotopic (exact) mass is 239 g/mol. The second-order valence-electron chi connectivity index (χ2n) is 3.43. The van der Waals surface area contributed by atoms with Crippen molar-refractivity contribution in [3.8, 4) is 5.75 Å². The number of hydrogen-bond donors (Lipinski definition) is 1. The van der Waals surface area contributed by atoms with Crippen molar-refractivity contribution in [2.24, 2.45) is 0 Å². The van der Waals surface area contributed by atoms with Crippen molar-refractivity contribution in [1.29, 1.82) is 0 Å². The maximum atomic E-state index is 13.1. The first-order valence-electron chi connectivity index (χ1n) is 5.35. The molecule has 0 heterocycles. The van der Waals surface area contributed by atoms with E-state index in [1.54, 1.807) is 6.07 Å². The van der Waals surface area contributed by atoms with Gasteiger partial charge >= 0.3 is 5.97 Å². The number of carbonyl (C=O) groups excluding carboxylic acids is 2. The first-order chi connectivity index (χ1) is 8.13. The van der Waals surface area contributed by atoms with E-state index >= 15 is 0 Å². The minimum absolute atomic E-state index is 0.137. The molecule has 1 amide bonds. The summed E-state index contributed by atoms with van der Waals surface area (Å²) in [5.74, 6) is -1.67. The highest BCUT2D eigenvalue weighted by atomic mass is 19.1. The molecule has 92 valence electrons. The molecule has 4 nitrogen and oxygen atoms in total. The highest BCUT2D eigenvalue weighted by molar-refractivity contribution is 5.82. The standard InChI is InChI=1S/C12H14FNO3/c1-2-5-11(15)14-8-12(16)17-10-7-4-3-6-9(10)13/h3-4,6-7H,2,5,8H2,1H3,(H,14,15). The lowest BCUT2D eigenvalue weighted by molar-refractivity contribution is -0.135. The fraction of sp³-hybridized carbons (Fsp3) is 0.333. The highest BCUT2D eigenvalue weighted by Crippen LogP contribution is 2.15. The third kappa shape index (κ3) is 4.63. The van der Waals surface area contributed by atoms with E-state index in [2.05, 4.69) is 5.32 Å². The molecule has 0 spiro atoms. The number of hydrogen-bond acceptors (Lipinski definition) is 3. The van der Waals surface area contributed by atoms with E-state index in [0.29, 0.717) is 12.8 Å². The van der Waals surface area contributed by atoms with Gasteiger partial charge in [0.2, 0.25) is 5.91 Å². The van der Waals surface area contributed by atoms with Gasteiger partial charge in [-0.15, -0.1) is 0 Å². The van der Waals surface area contributed by atoms with Crippen LogP contribution < -0.4 is 10.1 Å². The van der Waals surface area contributed by atoms with Crippen LogP contribution in [0.3, 0.4) is 0 Å². The molecule has 1 rings (SSSR count). The van der Waals surface area contributed by atoms with Gasteiger partial charge in [-0.25, -0.2) is 9.18 Å². The van der Waals surface area contributed by atoms with Crippen molar-refractivity contribution in [2.45, 2.75) is 19.8 Å². The van der Waals surface area contributed by atoms with Gasteiger partial charge in [-0.05, 0) is 18.6 Å². The minimum Gasteiger partial charge on any atom is -0.422 e. The van der Waals surface area contributed by atoms with Crippen LogP contribution in [0.2, 0.25) is 0 Å². The van der Waals surface area contributed by atoms with E-state index in [1.165, 1.54) is 18.2 Å². The minimum atomic E-state index is -0.695. The van der Waals surface area contributed by atoms with Crippen molar-refractivity contribution in [3.05, 3.63) is 30.1 Å². The van der Waals surface area contributed by atoms with Gasteiger partial charge in [0.05, 0.1) is 0 Å². The van der Waals surface area contributed by atoms with E-state index in [0.717, 1.165) is 0 Å². The first-order valence-corrected chi connectivity index (χ1v) is 5.35. The number of para-hydroxylation sites is 1. The Bertz CT molecular complexity index is 406. The van der Waals surface area contributed by atoms with Gasteiger partial charge in [-0.3, -0.25) is 4.79 Å². The Morgan fingerprint density at radius 2 is 2.06 bits per heavy atom. The largest absolute Gasteiger partial charge is 0.422 e. The molecule has 0 aromatic heterocycles. The molecule has 5 heteroatoms. The van der Waals surface area contributed by atoms with Gasteiger partial charge in [0.25, 0.3) is 0 Å². The third-order valence-electron chi connectivity index (χ3n) is 1.97. The molecule has 0 saturated carbocycles. The molecule has 0 aliphatic rings. The molecule has 1 aromatic carbocycles. The Kier molecular flexibility index (Phi) is 5.13. The molecule has 0 saturated heterocycles. The maximum Gasteiger partial charge on any atom is 0.330 e. The van der Waals surface area contributed by atoms with Crippen molar-refractivity contribution in [3.63, 3.8) is 0 Å². The summed E-state index contributed by atoms with van der Waals surface area (Å²) in [6.45, 7) is 1.60. The SMILES string of the molecule is CCCC(=O)NCC(=O)Oc1ccccc1F. The summed E-state index contributed by atoms with van der Waals surface area (Å²) in [6.07, 6.45) is 1.06. The Labute approximate surface area is 98.8 Å². The molecule has 0 bridgehead atoms. The summed E-state index contributed by atoms with van der Waals surface area (Å²) in [7, 11) is 0. The van der Waals surface area contributed by atoms with E-state index in [-0.39, 0.29) is 18.2 Å². The molecule has 0 atom stereocenters. The summed E-state index contributed by atoms with van der Waals surface area (Å²) in [4.78, 5) is 22.3. The second-order valence-corrected chi connectivity index (χ2v) is 3.43. The van der Waals surface area contributed by atoms with Gasteiger partial charge < -0.3 is 10.1 Å². The van der Waals surface area contributed by atoms with Crippen molar-refractivity contribution in [1.82, 2.24) is 5.32 Å². The fourth-order valence-corrected chi connectivity index (χ4v) is 1.17. The topological polar surface area (TPSA) is 55.4 Å². The predicted octanol–water partition coefficient (Wildman–Crippen LogP) is 1.65. The Balaban J connectivity index is 2.40. The second kappa shape index (κ2) is 6.62. The Hall–Kier alpha value is -1.91. The maximum absolute atomic E-state index is 13.1. The van der Waals surface area contributed by atoms with Crippen molar-refractivity contribution in [2.75, 3.05) is 6.54 Å². The van der Waals surface area contributed by atoms with Crippen molar-refractivity contribution >= 4 is 11.9 Å². The van der Waals surface area contributed by atoms with Gasteiger partial charge in [-0.2, -0.15) is 0 Å². The van der Waals surface area contributed by atoms with Crippen LogP contribution in [-0.4, -0.2) is 18.4 Å². The van der Waals surface area contributed by atoms with Crippen LogP contribution in [0, 0.1) is 5.82 Å². The number of halogens is 1. The van der Waals surface area contributed by atoms with Crippen LogP contribution in [0.1, 0.15) is 19.8 Å². The molecular weight excluding hydrogens is 225 g/mol. The van der Waals surface area contributed by atoms with Crippen LogP contribution in [0.15, 0.2) is 24.3 Å². The van der Waals surface area contributed by atoms with Crippen LogP contribution in [0.5, 0.6) is 5.75 Å². The number of carbonyl (C=O) groups is 2. The number of rotatable bonds is 5. The molecule has 0 aliphatic carbocycles. The van der Waals surface area contributed by atoms with Crippen LogP contribution >= 0.6 is 0 Å². The van der Waals surface area contributed by atoms with Gasteiger partial charge in [0, 0.05) is 6.42 Å². The lowest BCUT2D eigenvalue weighted by atomic mass is 10.3. The summed E-state index contributed by atoms with van der Waals surface area (Å²) < 4.78 is 17.9. The van der Waals surface area contributed by atoms with Crippen LogP contribution in [0.25, 0.3) is 0 Å². The summed E-state index contributed by atoms with van der Waals surface area (Å²) in [5, 5.41) is 2.39. The molecule has 1 N–H and O–H groups in total. The molecule has 17 heavy (non-hydrogen) atoms. The lowest BCUT2D eigenvalue weighted by Crippen LogP contribution is -2.31. The van der Waals surface area contributed by atoms with Gasteiger partial charge in [0.15, 0.2) is 11.6 Å². The number of esters is 1. The van der Waals surface area contributed by atoms with Crippen molar-refractivity contribution < 1.29 is 18.7 Å². The zero-order chi connectivity index (χ0) is 12.7. The zero-order valence-electron chi connectivity index (χ0n) is 9.53. The van der Waals surface area contributed by atoms with E-state index in [4.69, 9.17) is 4.74 Å². The van der Waals surface area contributed by atoms with E-state index < -0.39 is 11.8 Å². The number of amides is 1. The molecule has 0 fully saturated rings. The normalized spacial score (nSPS) is 9.76. The molecule has 0 unspecified atom stereocenters. The number of nitrogens with one attached hydrogen (secondary N) is 1. The average Bonchev–Trinajstić information content (AvgIpc) is 2.30. The number of benzene rings is 1. The average molecular weight is 239 g/mol. The summed E-state index contributed by atoms with van der Waals surface area (Å²) in [6, 6.07) is 5.59. The number of ether oxygens (including phenoxy) is 1. The quantitative estimate of drug-likeness (QED) is 0.628. The third-order valence-corrected chi connectivity index (χ3v) is 1.97. The molecular formula is C12H14FNO3. The zero-order valence-corrected chi connectivity index (χ0v) is 9.53. The van der Waals surface area contributed by atoms with E-state index in [1.807, 2.05) is 6.92 Å². The smallest absolute Gasteiger partial charge is 0.330 e. The molecule has 0 radical (unpaired) electrons. The van der Waals surface area contributed by atoms with Crippen LogP contribution in [0.4, 0.5) is 4.39 Å². The Morgan fingerprint density at radius 3 is 2.71 bits per heavy atom. The predicted molar refractivity (Wildman–Crippen MR) is 60.0 cm³/mol. The van der Waals surface area contributed by atoms with Gasteiger partial charge in [-0.1, -0.05) is 19.1 Å². The van der Waals surface area contributed by atoms with E-state index in [9.17, 15) is 14.0 Å². The van der Waals surface area contributed by atoms with Gasteiger partial charge in [0.1, 0.15) is 6.54 Å². The molecule has 0 aliphatic heterocycles.